The van der Waals surface area contributed by atoms with Crippen LogP contribution in [0.5, 0.6) is 5.75 Å². The largest absolute Gasteiger partial charge is 0.495 e. The zero-order valence-corrected chi connectivity index (χ0v) is 26.1. The van der Waals surface area contributed by atoms with E-state index in [9.17, 15) is 27.1 Å². The first-order chi connectivity index (χ1) is 21.4. The Morgan fingerprint density at radius 2 is 1.91 bits per heavy atom. The minimum Gasteiger partial charge on any atom is -0.495 e. The maximum atomic E-state index is 14.1. The fraction of sp³-hybridized carbons (Fsp3) is 0.581. The van der Waals surface area contributed by atoms with E-state index < -0.39 is 52.5 Å². The normalized spacial score (nSPS) is 29.4. The number of methoxy groups -OCH3 is 1. The van der Waals surface area contributed by atoms with Crippen molar-refractivity contribution in [2.45, 2.75) is 62.2 Å². The predicted molar refractivity (Wildman–Crippen MR) is 157 cm³/mol. The van der Waals surface area contributed by atoms with E-state index in [1.54, 1.807) is 0 Å². The molecule has 11 nitrogen and oxygen atoms in total. The van der Waals surface area contributed by atoms with E-state index in [-0.39, 0.29) is 59.1 Å². The summed E-state index contributed by atoms with van der Waals surface area (Å²) in [7, 11) is -2.79. The van der Waals surface area contributed by atoms with Gasteiger partial charge in [0.15, 0.2) is 17.9 Å². The van der Waals surface area contributed by atoms with Gasteiger partial charge in [0.25, 0.3) is 0 Å². The number of halogens is 2. The molecule has 2 aliphatic heterocycles. The Balaban J connectivity index is 1.22. The lowest BCUT2D eigenvalue weighted by Crippen LogP contribution is -2.52. The van der Waals surface area contributed by atoms with Crippen LogP contribution in [0.2, 0.25) is 0 Å². The van der Waals surface area contributed by atoms with Gasteiger partial charge in [-0.15, -0.1) is 0 Å². The van der Waals surface area contributed by atoms with Gasteiger partial charge in [0.05, 0.1) is 42.5 Å². The van der Waals surface area contributed by atoms with E-state index in [1.165, 1.54) is 31.4 Å². The van der Waals surface area contributed by atoms with Crippen LogP contribution in [0, 0.1) is 41.2 Å². The Bertz CT molecular complexity index is 1540. The number of nitrogens with zero attached hydrogens (tertiary/aromatic N) is 1. The second-order valence-electron chi connectivity index (χ2n) is 12.9. The van der Waals surface area contributed by atoms with Crippen molar-refractivity contribution in [3.63, 3.8) is 0 Å². The van der Waals surface area contributed by atoms with E-state index in [0.717, 1.165) is 22.9 Å². The standard InChI is InChI=1S/C31H39F2N3O8S/c1-15(2)12-36(45(39,40)17-5-7-22(34)25(10-17)41-3)13-24(37)23(9-16-4-6-20(32)21(33)8-16)35-31(38)44-29-26-11-18-27-19(28(27)29)14-42-30(18)43-26/h4-8,10,15,18-19,23-24,26-30,37H,9,11-14,34H2,1-3H3,(H,35,38)/t18?,19?,23-,24+,26?,27?,28?,29?,30?/m0/s1. The van der Waals surface area contributed by atoms with Crippen LogP contribution in [0.15, 0.2) is 41.3 Å². The highest BCUT2D eigenvalue weighted by Crippen LogP contribution is 2.65. The number of nitrogens with one attached hydrogen (secondary N) is 1. The van der Waals surface area contributed by atoms with Gasteiger partial charge in [0.1, 0.15) is 11.9 Å². The van der Waals surface area contributed by atoms with Crippen LogP contribution in [0.1, 0.15) is 25.8 Å². The quantitative estimate of drug-likeness (QED) is 0.295. The van der Waals surface area contributed by atoms with Gasteiger partial charge in [-0.2, -0.15) is 4.31 Å². The molecule has 2 aromatic carbocycles. The summed E-state index contributed by atoms with van der Waals surface area (Å²) in [6, 6.07) is 6.23. The number of anilines is 1. The molecule has 4 N–H and O–H groups in total. The predicted octanol–water partition coefficient (Wildman–Crippen LogP) is 2.91. The van der Waals surface area contributed by atoms with Gasteiger partial charge in [0, 0.05) is 31.0 Å². The van der Waals surface area contributed by atoms with Crippen LogP contribution in [-0.4, -0.2) is 81.4 Å². The van der Waals surface area contributed by atoms with E-state index in [2.05, 4.69) is 5.32 Å². The van der Waals surface area contributed by atoms with E-state index in [4.69, 9.17) is 24.7 Å². The Morgan fingerprint density at radius 3 is 2.62 bits per heavy atom. The Kier molecular flexibility index (Phi) is 8.72. The molecule has 6 rings (SSSR count). The molecule has 0 spiro atoms. The van der Waals surface area contributed by atoms with E-state index >= 15 is 0 Å². The summed E-state index contributed by atoms with van der Waals surface area (Å²) in [6.07, 6.45) is -2.73. The first kappa shape index (κ1) is 31.9. The Morgan fingerprint density at radius 1 is 1.13 bits per heavy atom. The van der Waals surface area contributed by atoms with Crippen LogP contribution in [0.4, 0.5) is 19.3 Å². The van der Waals surface area contributed by atoms with Crippen LogP contribution in [0.3, 0.4) is 0 Å². The lowest BCUT2D eigenvalue weighted by molar-refractivity contribution is -0.185. The number of ether oxygens (including phenoxy) is 4. The first-order valence-electron chi connectivity index (χ1n) is 15.2. The number of hydrogen-bond donors (Lipinski definition) is 3. The van der Waals surface area contributed by atoms with Gasteiger partial charge < -0.3 is 35.1 Å². The van der Waals surface area contributed by atoms with Gasteiger partial charge in [-0.05, 0) is 60.4 Å². The molecule has 7 unspecified atom stereocenters. The molecule has 2 bridgehead atoms. The number of sulfonamides is 1. The fourth-order valence-electron chi connectivity index (χ4n) is 7.27. The van der Waals surface area contributed by atoms with Crippen molar-refractivity contribution in [1.82, 2.24) is 9.62 Å². The summed E-state index contributed by atoms with van der Waals surface area (Å²) in [6.45, 7) is 3.85. The molecule has 2 saturated heterocycles. The number of carbonyl (C=O) groups is 1. The summed E-state index contributed by atoms with van der Waals surface area (Å²) >= 11 is 0. The molecule has 0 aromatic heterocycles. The monoisotopic (exact) mass is 651 g/mol. The van der Waals surface area contributed by atoms with Gasteiger partial charge in [-0.1, -0.05) is 19.9 Å². The number of aliphatic hydroxyl groups excluding tert-OH is 1. The van der Waals surface area contributed by atoms with Gasteiger partial charge >= 0.3 is 6.09 Å². The number of fused-ring (bicyclic) bond motifs is 2. The zero-order valence-electron chi connectivity index (χ0n) is 25.3. The molecule has 45 heavy (non-hydrogen) atoms. The lowest BCUT2D eigenvalue weighted by atomic mass is 9.87. The smallest absolute Gasteiger partial charge is 0.407 e. The van der Waals surface area contributed by atoms with Crippen molar-refractivity contribution >= 4 is 21.8 Å². The molecular weight excluding hydrogens is 612 g/mol. The highest BCUT2D eigenvalue weighted by atomic mass is 32.2. The molecule has 246 valence electrons. The third-order valence-corrected chi connectivity index (χ3v) is 11.2. The topological polar surface area (TPSA) is 150 Å². The minimum atomic E-state index is -4.17. The molecular formula is C31H39F2N3O8S. The Hall–Kier alpha value is -3.04. The molecule has 1 amide bonds. The highest BCUT2D eigenvalue weighted by Gasteiger charge is 2.71. The molecule has 9 atom stereocenters. The van der Waals surface area contributed by atoms with Crippen LogP contribution in [0.25, 0.3) is 0 Å². The number of alkyl carbamates (subject to hydrolysis) is 1. The SMILES string of the molecule is COc1cc(S(=O)(=O)N(CC(C)C)C[C@@H](O)[C@H](Cc2ccc(F)c(F)c2)NC(=O)OC2C3CC4C(OCC5C4C52)O3)ccc1N. The zero-order chi connectivity index (χ0) is 32.2. The maximum Gasteiger partial charge on any atom is 0.407 e. The van der Waals surface area contributed by atoms with E-state index in [1.807, 2.05) is 13.8 Å². The average molecular weight is 652 g/mol. The lowest BCUT2D eigenvalue weighted by Gasteiger charge is -2.32. The average Bonchev–Trinajstić information content (AvgIpc) is 3.58. The number of nitrogen functional groups attached to an aromatic ring is 1. The second kappa shape index (κ2) is 12.3. The highest BCUT2D eigenvalue weighted by molar-refractivity contribution is 7.89. The Labute approximate surface area is 261 Å². The molecule has 4 fully saturated rings. The summed E-state index contributed by atoms with van der Waals surface area (Å²) in [5.74, 6) is -0.951. The fourth-order valence-corrected chi connectivity index (χ4v) is 8.91. The number of aliphatic hydroxyl groups is 1. The number of amides is 1. The number of rotatable bonds is 12. The number of benzene rings is 2. The van der Waals surface area contributed by atoms with Crippen LogP contribution < -0.4 is 15.8 Å². The van der Waals surface area contributed by atoms with Crippen molar-refractivity contribution < 1.29 is 46.0 Å². The number of nitrogens with two attached hydrogens (primary N) is 1. The molecule has 2 aliphatic carbocycles. The van der Waals surface area contributed by atoms with Gasteiger partial charge in [-0.25, -0.2) is 22.0 Å². The summed E-state index contributed by atoms with van der Waals surface area (Å²) < 4.78 is 79.4. The van der Waals surface area contributed by atoms with Crippen molar-refractivity contribution in [2.24, 2.45) is 29.6 Å². The van der Waals surface area contributed by atoms with Crippen molar-refractivity contribution in [2.75, 3.05) is 32.5 Å². The van der Waals surface area contributed by atoms with Crippen LogP contribution in [-0.2, 0) is 30.7 Å². The summed E-state index contributed by atoms with van der Waals surface area (Å²) in [5, 5.41) is 14.2. The molecule has 2 aromatic rings. The van der Waals surface area contributed by atoms with Crippen LogP contribution >= 0.6 is 0 Å². The van der Waals surface area contributed by atoms with E-state index in [0.29, 0.717) is 24.4 Å². The maximum absolute atomic E-state index is 14.1. The van der Waals surface area contributed by atoms with Gasteiger partial charge in [0.2, 0.25) is 10.0 Å². The molecule has 2 saturated carbocycles. The first-order valence-corrected chi connectivity index (χ1v) is 16.6. The third kappa shape index (κ3) is 6.22. The van der Waals surface area contributed by atoms with Crippen molar-refractivity contribution in [3.8, 4) is 5.75 Å². The third-order valence-electron chi connectivity index (χ3n) is 9.40. The second-order valence-corrected chi connectivity index (χ2v) is 14.8. The minimum absolute atomic E-state index is 0.0460. The number of carbonyl (C=O) groups excluding carboxylic acids is 1. The van der Waals surface area contributed by atoms with Crippen molar-refractivity contribution in [1.29, 1.82) is 0 Å². The summed E-state index contributed by atoms with van der Waals surface area (Å²) in [5.41, 5.74) is 6.43. The summed E-state index contributed by atoms with van der Waals surface area (Å²) in [4.78, 5) is 13.3. The molecule has 14 heteroatoms. The molecule has 4 aliphatic rings. The number of hydrogen-bond acceptors (Lipinski definition) is 9. The molecule has 2 heterocycles. The molecule has 0 radical (unpaired) electrons. The van der Waals surface area contributed by atoms with Crippen molar-refractivity contribution in [3.05, 3.63) is 53.6 Å². The van der Waals surface area contributed by atoms with Gasteiger partial charge in [-0.3, -0.25) is 0 Å².